The molecule has 0 aromatic heterocycles. The van der Waals surface area contributed by atoms with Crippen molar-refractivity contribution in [3.63, 3.8) is 0 Å². The molecule has 3 saturated carbocycles. The maximum Gasteiger partial charge on any atom is 0.0274 e. The predicted octanol–water partition coefficient (Wildman–Crippen LogP) is 3.53. The first-order valence-electron chi connectivity index (χ1n) is 5.13. The highest BCUT2D eigenvalue weighted by atomic mass is 79.9. The number of hydrogen-bond donors (Lipinski definition) is 0. The van der Waals surface area contributed by atoms with E-state index in [0.29, 0.717) is 0 Å². The van der Waals surface area contributed by atoms with Gasteiger partial charge in [-0.15, -0.1) is 0 Å². The molecule has 4 fully saturated rings. The number of fused-ring (bicyclic) bond motifs is 3. The molecule has 13 heavy (non-hydrogen) atoms. The molecule has 0 N–H and O–H groups in total. The molecule has 0 nitrogen and oxygen atoms in total. The van der Waals surface area contributed by atoms with Crippen LogP contribution in [0.1, 0.15) is 12.8 Å². The van der Waals surface area contributed by atoms with Gasteiger partial charge in [0.05, 0.1) is 0 Å². The fourth-order valence-electron chi connectivity index (χ4n) is 3.47. The third-order valence-electron chi connectivity index (χ3n) is 4.21. The van der Waals surface area contributed by atoms with Gasteiger partial charge in [0.25, 0.3) is 0 Å². The first-order chi connectivity index (χ1) is 6.27. The van der Waals surface area contributed by atoms with Crippen molar-refractivity contribution in [1.82, 2.24) is 0 Å². The standard InChI is InChI=1S/C10H14Br2S/c11-9-1-5-7-3-13-4-8(5)6(7)2-10(9)12/h5-10H,1-4H2/t5?,6?,7?,8?,9-,10-/m1/s1. The van der Waals surface area contributed by atoms with Crippen LogP contribution >= 0.6 is 43.6 Å². The highest BCUT2D eigenvalue weighted by molar-refractivity contribution is 9.12. The quantitative estimate of drug-likeness (QED) is 0.614. The summed E-state index contributed by atoms with van der Waals surface area (Å²) in [7, 11) is 0. The monoisotopic (exact) mass is 324 g/mol. The van der Waals surface area contributed by atoms with Gasteiger partial charge in [-0.05, 0) is 48.0 Å². The molecule has 0 amide bonds. The lowest BCUT2D eigenvalue weighted by molar-refractivity contribution is 0.00773. The van der Waals surface area contributed by atoms with Gasteiger partial charge in [0.15, 0.2) is 0 Å². The molecule has 0 aromatic rings. The molecule has 3 aliphatic carbocycles. The zero-order chi connectivity index (χ0) is 9.00. The Morgan fingerprint density at radius 2 is 1.23 bits per heavy atom. The lowest BCUT2D eigenvalue weighted by atomic mass is 9.57. The first kappa shape index (κ1) is 9.53. The first-order valence-corrected chi connectivity index (χ1v) is 8.12. The molecular formula is C10H14Br2S. The molecule has 4 aliphatic rings. The third-order valence-corrected chi connectivity index (χ3v) is 8.18. The lowest BCUT2D eigenvalue weighted by Gasteiger charge is -2.55. The van der Waals surface area contributed by atoms with Crippen LogP contribution in [0.25, 0.3) is 0 Å². The summed E-state index contributed by atoms with van der Waals surface area (Å²) in [6, 6.07) is 0. The van der Waals surface area contributed by atoms with Crippen molar-refractivity contribution >= 4 is 43.6 Å². The molecule has 0 unspecified atom stereocenters. The second-order valence-corrected chi connectivity index (χ2v) is 8.12. The van der Waals surface area contributed by atoms with Crippen LogP contribution in [0, 0.1) is 23.7 Å². The molecule has 1 aliphatic heterocycles. The lowest BCUT2D eigenvalue weighted by Crippen LogP contribution is -2.51. The maximum absolute atomic E-state index is 3.83. The minimum absolute atomic E-state index is 0.734. The average Bonchev–Trinajstić information content (AvgIpc) is 2.36. The van der Waals surface area contributed by atoms with E-state index < -0.39 is 0 Å². The van der Waals surface area contributed by atoms with E-state index in [1.54, 1.807) is 0 Å². The highest BCUT2D eigenvalue weighted by Gasteiger charge is 2.55. The number of thioether (sulfide) groups is 1. The van der Waals surface area contributed by atoms with E-state index >= 15 is 0 Å². The van der Waals surface area contributed by atoms with Gasteiger partial charge in [0, 0.05) is 9.65 Å². The summed E-state index contributed by atoms with van der Waals surface area (Å²) in [4.78, 5) is 1.47. The summed E-state index contributed by atoms with van der Waals surface area (Å²) in [6.45, 7) is 0. The molecule has 1 saturated heterocycles. The molecule has 74 valence electrons. The van der Waals surface area contributed by atoms with Crippen LogP contribution in [-0.4, -0.2) is 21.2 Å². The van der Waals surface area contributed by atoms with Crippen LogP contribution in [0.3, 0.4) is 0 Å². The Morgan fingerprint density at radius 1 is 0.769 bits per heavy atom. The van der Waals surface area contributed by atoms with E-state index in [0.717, 1.165) is 33.3 Å². The topological polar surface area (TPSA) is 0 Å². The zero-order valence-corrected chi connectivity index (χ0v) is 11.4. The van der Waals surface area contributed by atoms with Crippen LogP contribution in [0.4, 0.5) is 0 Å². The van der Waals surface area contributed by atoms with Gasteiger partial charge in [-0.25, -0.2) is 0 Å². The SMILES string of the molecule is Br[C@@H]1CC2C3CSCC2C3C[C@H]1Br. The van der Waals surface area contributed by atoms with E-state index in [2.05, 4.69) is 43.6 Å². The van der Waals surface area contributed by atoms with Crippen molar-refractivity contribution in [2.75, 3.05) is 11.5 Å². The molecule has 4 bridgehead atoms. The molecule has 1 heterocycles. The van der Waals surface area contributed by atoms with Gasteiger partial charge in [-0.2, -0.15) is 11.8 Å². The van der Waals surface area contributed by atoms with Crippen molar-refractivity contribution < 1.29 is 0 Å². The second-order valence-electron chi connectivity index (χ2n) is 4.70. The van der Waals surface area contributed by atoms with E-state index in [9.17, 15) is 0 Å². The number of rotatable bonds is 0. The summed E-state index contributed by atoms with van der Waals surface area (Å²) >= 11 is 9.84. The predicted molar refractivity (Wildman–Crippen MR) is 65.9 cm³/mol. The van der Waals surface area contributed by atoms with Gasteiger partial charge in [0.1, 0.15) is 0 Å². The Bertz CT molecular complexity index is 191. The smallest absolute Gasteiger partial charge is 0.0274 e. The molecule has 2 atom stereocenters. The van der Waals surface area contributed by atoms with Crippen molar-refractivity contribution in [2.24, 2.45) is 23.7 Å². The maximum atomic E-state index is 3.83. The van der Waals surface area contributed by atoms with Crippen molar-refractivity contribution in [1.29, 1.82) is 0 Å². The fraction of sp³-hybridized carbons (Fsp3) is 1.00. The number of hydrogen-bond acceptors (Lipinski definition) is 1. The second kappa shape index (κ2) is 3.41. The summed E-state index contributed by atoms with van der Waals surface area (Å²) in [5, 5.41) is 0. The molecule has 3 heteroatoms. The van der Waals surface area contributed by atoms with E-state index in [1.807, 2.05) is 0 Å². The Labute approximate surface area is 101 Å². The van der Waals surface area contributed by atoms with Crippen molar-refractivity contribution in [3.05, 3.63) is 0 Å². The van der Waals surface area contributed by atoms with Crippen LogP contribution < -0.4 is 0 Å². The van der Waals surface area contributed by atoms with Gasteiger partial charge < -0.3 is 0 Å². The minimum atomic E-state index is 0.734. The van der Waals surface area contributed by atoms with Crippen LogP contribution in [0.2, 0.25) is 0 Å². The number of alkyl halides is 2. The Balaban J connectivity index is 1.83. The Morgan fingerprint density at radius 3 is 1.69 bits per heavy atom. The highest BCUT2D eigenvalue weighted by Crippen LogP contribution is 2.60. The van der Waals surface area contributed by atoms with Crippen LogP contribution in [-0.2, 0) is 0 Å². The van der Waals surface area contributed by atoms with Gasteiger partial charge in [-0.1, -0.05) is 31.9 Å². The van der Waals surface area contributed by atoms with Gasteiger partial charge in [-0.3, -0.25) is 0 Å². The number of halogens is 2. The zero-order valence-electron chi connectivity index (χ0n) is 7.46. The summed E-state index contributed by atoms with van der Waals surface area (Å²) in [6.07, 6.45) is 2.84. The van der Waals surface area contributed by atoms with Crippen LogP contribution in [0.5, 0.6) is 0 Å². The minimum Gasteiger partial charge on any atom is -0.161 e. The normalized spacial score (nSPS) is 59.5. The molecular weight excluding hydrogens is 312 g/mol. The molecule has 0 spiro atoms. The third kappa shape index (κ3) is 1.37. The fourth-order valence-corrected chi connectivity index (χ4v) is 6.44. The summed E-state index contributed by atoms with van der Waals surface area (Å²) in [5.74, 6) is 7.19. The van der Waals surface area contributed by atoms with Crippen molar-refractivity contribution in [2.45, 2.75) is 22.5 Å². The average molecular weight is 326 g/mol. The molecule has 0 radical (unpaired) electrons. The summed E-state index contributed by atoms with van der Waals surface area (Å²) in [5.41, 5.74) is 0. The van der Waals surface area contributed by atoms with Gasteiger partial charge >= 0.3 is 0 Å². The van der Waals surface area contributed by atoms with E-state index in [1.165, 1.54) is 24.3 Å². The van der Waals surface area contributed by atoms with Crippen LogP contribution in [0.15, 0.2) is 0 Å². The largest absolute Gasteiger partial charge is 0.161 e. The Kier molecular flexibility index (Phi) is 2.50. The van der Waals surface area contributed by atoms with Crippen molar-refractivity contribution in [3.8, 4) is 0 Å². The van der Waals surface area contributed by atoms with E-state index in [4.69, 9.17) is 0 Å². The molecule has 4 rings (SSSR count). The van der Waals surface area contributed by atoms with E-state index in [-0.39, 0.29) is 0 Å². The summed E-state index contributed by atoms with van der Waals surface area (Å²) < 4.78 is 0. The Hall–Kier alpha value is 1.31. The van der Waals surface area contributed by atoms with Gasteiger partial charge in [0.2, 0.25) is 0 Å². The molecule has 0 aromatic carbocycles.